The van der Waals surface area contributed by atoms with Crippen LogP contribution in [0.1, 0.15) is 34.1 Å². The number of nitrogens with two attached hydrogens (primary N) is 1. The number of anilines is 1. The summed E-state index contributed by atoms with van der Waals surface area (Å²) in [4.78, 5) is 29.3. The lowest BCUT2D eigenvalue weighted by molar-refractivity contribution is 0.100. The highest BCUT2D eigenvalue weighted by Gasteiger charge is 2.23. The average Bonchev–Trinajstić information content (AvgIpc) is 3.15. The first kappa shape index (κ1) is 20.5. The molecule has 1 aliphatic heterocycles. The van der Waals surface area contributed by atoms with Crippen molar-refractivity contribution < 1.29 is 9.53 Å². The molecule has 1 amide bonds. The Hall–Kier alpha value is -2.23. The summed E-state index contributed by atoms with van der Waals surface area (Å²) >= 11 is 1.54. The Morgan fingerprint density at radius 1 is 1.46 bits per heavy atom. The molecule has 0 bridgehead atoms. The SMILES string of the molecule is COCCN(C)c1cnn(C2CCCN(Cc3cc(C(N)=O)cs3)C2)c(=O)c1. The molecule has 1 saturated heterocycles. The van der Waals surface area contributed by atoms with Crippen molar-refractivity contribution in [1.82, 2.24) is 14.7 Å². The number of rotatable bonds is 8. The van der Waals surface area contributed by atoms with E-state index in [1.807, 2.05) is 18.0 Å². The quantitative estimate of drug-likeness (QED) is 0.712. The van der Waals surface area contributed by atoms with E-state index in [0.717, 1.165) is 43.0 Å². The van der Waals surface area contributed by atoms with Gasteiger partial charge < -0.3 is 15.4 Å². The van der Waals surface area contributed by atoms with Crippen molar-refractivity contribution >= 4 is 22.9 Å². The van der Waals surface area contributed by atoms with Crippen LogP contribution in [0, 0.1) is 0 Å². The first-order chi connectivity index (χ1) is 13.5. The highest BCUT2D eigenvalue weighted by atomic mass is 32.1. The lowest BCUT2D eigenvalue weighted by Crippen LogP contribution is -2.40. The number of ether oxygens (including phenoxy) is 1. The molecule has 2 N–H and O–H groups in total. The summed E-state index contributed by atoms with van der Waals surface area (Å²) in [5, 5.41) is 6.23. The van der Waals surface area contributed by atoms with Crippen molar-refractivity contribution in [3.8, 4) is 0 Å². The molecule has 0 aromatic carbocycles. The highest BCUT2D eigenvalue weighted by molar-refractivity contribution is 7.10. The van der Waals surface area contributed by atoms with Crippen molar-refractivity contribution in [1.29, 1.82) is 0 Å². The van der Waals surface area contributed by atoms with E-state index in [4.69, 9.17) is 10.5 Å². The number of likely N-dealkylation sites (tertiary alicyclic amines) is 1. The Morgan fingerprint density at radius 2 is 2.29 bits per heavy atom. The number of amides is 1. The van der Waals surface area contributed by atoms with E-state index in [1.165, 1.54) is 0 Å². The third-order valence-corrected chi connectivity index (χ3v) is 5.95. The lowest BCUT2D eigenvalue weighted by Gasteiger charge is -2.32. The minimum absolute atomic E-state index is 0.0511. The summed E-state index contributed by atoms with van der Waals surface area (Å²) < 4.78 is 6.68. The van der Waals surface area contributed by atoms with Crippen LogP contribution in [0.25, 0.3) is 0 Å². The topological polar surface area (TPSA) is 93.7 Å². The van der Waals surface area contributed by atoms with Gasteiger partial charge in [0.2, 0.25) is 5.91 Å². The molecule has 8 nitrogen and oxygen atoms in total. The fourth-order valence-electron chi connectivity index (χ4n) is 3.44. The van der Waals surface area contributed by atoms with Crippen molar-refractivity contribution in [2.24, 2.45) is 5.73 Å². The van der Waals surface area contributed by atoms with Crippen LogP contribution in [-0.2, 0) is 11.3 Å². The number of nitrogens with zero attached hydrogens (tertiary/aromatic N) is 4. The summed E-state index contributed by atoms with van der Waals surface area (Å²) in [6, 6.07) is 3.54. The Kier molecular flexibility index (Phi) is 6.82. The van der Waals surface area contributed by atoms with Gasteiger partial charge in [0.1, 0.15) is 0 Å². The molecule has 1 fully saturated rings. The molecule has 0 spiro atoms. The fourth-order valence-corrected chi connectivity index (χ4v) is 4.35. The number of aromatic nitrogens is 2. The van der Waals surface area contributed by atoms with E-state index in [1.54, 1.807) is 40.8 Å². The van der Waals surface area contributed by atoms with Crippen molar-refractivity contribution in [2.75, 3.05) is 45.3 Å². The number of hydrogen-bond donors (Lipinski definition) is 1. The number of methoxy groups -OCH3 is 1. The van der Waals surface area contributed by atoms with Crippen LogP contribution < -0.4 is 16.2 Å². The van der Waals surface area contributed by atoms with E-state index in [2.05, 4.69) is 10.00 Å². The van der Waals surface area contributed by atoms with Gasteiger partial charge in [0.25, 0.3) is 5.56 Å². The molecule has 2 aromatic rings. The van der Waals surface area contributed by atoms with Gasteiger partial charge in [0.15, 0.2) is 0 Å². The van der Waals surface area contributed by atoms with E-state index >= 15 is 0 Å². The number of piperidine rings is 1. The summed E-state index contributed by atoms with van der Waals surface area (Å²) in [6.07, 6.45) is 3.68. The summed E-state index contributed by atoms with van der Waals surface area (Å²) in [5.41, 5.74) is 6.60. The minimum atomic E-state index is -0.398. The second-order valence-corrected chi connectivity index (χ2v) is 8.10. The Labute approximate surface area is 168 Å². The minimum Gasteiger partial charge on any atom is -0.383 e. The number of carbonyl (C=O) groups excluding carboxylic acids is 1. The van der Waals surface area contributed by atoms with Crippen LogP contribution in [0.3, 0.4) is 0 Å². The Morgan fingerprint density at radius 3 is 2.96 bits per heavy atom. The van der Waals surface area contributed by atoms with Crippen LogP contribution in [-0.4, -0.2) is 61.0 Å². The van der Waals surface area contributed by atoms with Gasteiger partial charge >= 0.3 is 0 Å². The molecule has 28 heavy (non-hydrogen) atoms. The van der Waals surface area contributed by atoms with Gasteiger partial charge in [0.05, 0.1) is 30.1 Å². The van der Waals surface area contributed by atoms with E-state index in [0.29, 0.717) is 18.7 Å². The number of thiophene rings is 1. The Balaban J connectivity index is 1.66. The van der Waals surface area contributed by atoms with Crippen LogP contribution in [0.15, 0.2) is 28.5 Å². The highest BCUT2D eigenvalue weighted by Crippen LogP contribution is 2.24. The molecule has 9 heteroatoms. The van der Waals surface area contributed by atoms with Gasteiger partial charge in [-0.05, 0) is 25.5 Å². The molecule has 2 aromatic heterocycles. The molecule has 1 unspecified atom stereocenters. The third kappa shape index (κ3) is 4.98. The first-order valence-electron chi connectivity index (χ1n) is 9.36. The molecular formula is C19H27N5O3S. The first-order valence-corrected chi connectivity index (χ1v) is 10.2. The van der Waals surface area contributed by atoms with Crippen LogP contribution in [0.2, 0.25) is 0 Å². The maximum absolute atomic E-state index is 12.6. The predicted molar refractivity (Wildman–Crippen MR) is 110 cm³/mol. The van der Waals surface area contributed by atoms with Crippen molar-refractivity contribution in [3.63, 3.8) is 0 Å². The molecule has 0 aliphatic carbocycles. The van der Waals surface area contributed by atoms with Gasteiger partial charge in [0, 0.05) is 50.1 Å². The molecule has 1 atom stereocenters. The largest absolute Gasteiger partial charge is 0.383 e. The zero-order valence-corrected chi connectivity index (χ0v) is 17.2. The molecule has 0 radical (unpaired) electrons. The smallest absolute Gasteiger partial charge is 0.269 e. The van der Waals surface area contributed by atoms with Crippen molar-refractivity contribution in [2.45, 2.75) is 25.4 Å². The monoisotopic (exact) mass is 405 g/mol. The summed E-state index contributed by atoms with van der Waals surface area (Å²) in [5.74, 6) is -0.398. The number of hydrogen-bond acceptors (Lipinski definition) is 7. The predicted octanol–water partition coefficient (Wildman–Crippen LogP) is 1.32. The summed E-state index contributed by atoms with van der Waals surface area (Å²) in [7, 11) is 3.58. The van der Waals surface area contributed by atoms with Crippen LogP contribution >= 0.6 is 11.3 Å². The summed E-state index contributed by atoms with van der Waals surface area (Å²) in [6.45, 7) is 3.77. The third-order valence-electron chi connectivity index (χ3n) is 5.03. The van der Waals surface area contributed by atoms with E-state index < -0.39 is 5.91 Å². The molecule has 3 rings (SSSR count). The maximum Gasteiger partial charge on any atom is 0.269 e. The fraction of sp³-hybridized carbons (Fsp3) is 0.526. The normalized spacial score (nSPS) is 17.6. The van der Waals surface area contributed by atoms with Gasteiger partial charge in [-0.15, -0.1) is 11.3 Å². The second-order valence-electron chi connectivity index (χ2n) is 7.11. The number of likely N-dealkylation sites (N-methyl/N-ethyl adjacent to an activating group) is 1. The molecule has 0 saturated carbocycles. The lowest BCUT2D eigenvalue weighted by atomic mass is 10.1. The zero-order chi connectivity index (χ0) is 20.1. The van der Waals surface area contributed by atoms with Gasteiger partial charge in [-0.2, -0.15) is 5.10 Å². The van der Waals surface area contributed by atoms with Gasteiger partial charge in [-0.1, -0.05) is 0 Å². The van der Waals surface area contributed by atoms with Gasteiger partial charge in [-0.25, -0.2) is 4.68 Å². The zero-order valence-electron chi connectivity index (χ0n) is 16.3. The van der Waals surface area contributed by atoms with Crippen LogP contribution in [0.5, 0.6) is 0 Å². The molecule has 3 heterocycles. The van der Waals surface area contributed by atoms with E-state index in [9.17, 15) is 9.59 Å². The second kappa shape index (κ2) is 9.31. The standard InChI is InChI=1S/C19H27N5O3S/c1-22(6-7-27-2)16-9-18(25)24(21-10-16)15-4-3-5-23(11-15)12-17-8-14(13-28-17)19(20)26/h8-10,13,15H,3-7,11-12H2,1-2H3,(H2,20,26). The molecular weight excluding hydrogens is 378 g/mol. The average molecular weight is 406 g/mol. The van der Waals surface area contributed by atoms with Crippen molar-refractivity contribution in [3.05, 3.63) is 44.5 Å². The number of carbonyl (C=O) groups is 1. The van der Waals surface area contributed by atoms with Gasteiger partial charge in [-0.3, -0.25) is 14.5 Å². The Bertz CT molecular complexity index is 865. The number of primary amides is 1. The maximum atomic E-state index is 12.6. The van der Waals surface area contributed by atoms with Crippen LogP contribution in [0.4, 0.5) is 5.69 Å². The molecule has 1 aliphatic rings. The van der Waals surface area contributed by atoms with E-state index in [-0.39, 0.29) is 11.6 Å². The molecule has 152 valence electrons.